The Morgan fingerprint density at radius 3 is 2.09 bits per heavy atom. The quantitative estimate of drug-likeness (QED) is 0.527. The number of carbonyl (C=O) groups is 2. The summed E-state index contributed by atoms with van der Waals surface area (Å²) < 4.78 is 21.2. The molecule has 3 aromatic carbocycles. The van der Waals surface area contributed by atoms with Gasteiger partial charge in [-0.05, 0) is 48.5 Å². The van der Waals surface area contributed by atoms with E-state index in [0.29, 0.717) is 39.9 Å². The lowest BCUT2D eigenvalue weighted by molar-refractivity contribution is -0.118. The molecular formula is C24H24N2O6. The van der Waals surface area contributed by atoms with E-state index in [1.54, 1.807) is 60.7 Å². The SMILES string of the molecule is COc1ccc(OC)c(C(=O)Nc2cccc(NC(=O)COc3ccccc3OC)c2)c1. The van der Waals surface area contributed by atoms with Crippen LogP contribution in [0.4, 0.5) is 11.4 Å². The Morgan fingerprint density at radius 1 is 0.719 bits per heavy atom. The highest BCUT2D eigenvalue weighted by molar-refractivity contribution is 6.06. The van der Waals surface area contributed by atoms with Gasteiger partial charge in [0, 0.05) is 11.4 Å². The Kier molecular flexibility index (Phi) is 7.53. The summed E-state index contributed by atoms with van der Waals surface area (Å²) in [4.78, 5) is 25.0. The zero-order chi connectivity index (χ0) is 22.9. The van der Waals surface area contributed by atoms with Crippen LogP contribution in [0.15, 0.2) is 66.7 Å². The number of methoxy groups -OCH3 is 3. The van der Waals surface area contributed by atoms with Gasteiger partial charge in [0.05, 0.1) is 26.9 Å². The maximum absolute atomic E-state index is 12.7. The van der Waals surface area contributed by atoms with Crippen LogP contribution in [-0.2, 0) is 4.79 Å². The summed E-state index contributed by atoms with van der Waals surface area (Å²) in [7, 11) is 4.54. The predicted molar refractivity (Wildman–Crippen MR) is 121 cm³/mol. The van der Waals surface area contributed by atoms with Gasteiger partial charge in [-0.15, -0.1) is 0 Å². The molecule has 0 saturated heterocycles. The first-order valence-electron chi connectivity index (χ1n) is 9.73. The normalized spacial score (nSPS) is 10.1. The van der Waals surface area contributed by atoms with E-state index in [2.05, 4.69) is 10.6 Å². The monoisotopic (exact) mass is 436 g/mol. The molecule has 0 bridgehead atoms. The molecule has 8 nitrogen and oxygen atoms in total. The van der Waals surface area contributed by atoms with E-state index in [4.69, 9.17) is 18.9 Å². The van der Waals surface area contributed by atoms with Crippen LogP contribution in [0, 0.1) is 0 Å². The van der Waals surface area contributed by atoms with Gasteiger partial charge in [-0.2, -0.15) is 0 Å². The van der Waals surface area contributed by atoms with Crippen LogP contribution in [-0.4, -0.2) is 39.8 Å². The Bertz CT molecular complexity index is 1100. The lowest BCUT2D eigenvalue weighted by Gasteiger charge is -2.13. The molecule has 32 heavy (non-hydrogen) atoms. The maximum Gasteiger partial charge on any atom is 0.262 e. The molecule has 3 aromatic rings. The Labute approximate surface area is 186 Å². The number of ether oxygens (including phenoxy) is 4. The van der Waals surface area contributed by atoms with Gasteiger partial charge < -0.3 is 29.6 Å². The molecular weight excluding hydrogens is 412 g/mol. The fourth-order valence-electron chi connectivity index (χ4n) is 2.94. The van der Waals surface area contributed by atoms with Crippen molar-refractivity contribution in [2.24, 2.45) is 0 Å². The van der Waals surface area contributed by atoms with Crippen molar-refractivity contribution in [2.75, 3.05) is 38.6 Å². The minimum absolute atomic E-state index is 0.196. The average molecular weight is 436 g/mol. The second-order valence-electron chi connectivity index (χ2n) is 6.59. The van der Waals surface area contributed by atoms with Crippen molar-refractivity contribution >= 4 is 23.2 Å². The van der Waals surface area contributed by atoms with Crippen molar-refractivity contribution in [3.63, 3.8) is 0 Å². The van der Waals surface area contributed by atoms with E-state index in [1.807, 2.05) is 6.07 Å². The number of benzene rings is 3. The first-order valence-corrected chi connectivity index (χ1v) is 9.73. The summed E-state index contributed by atoms with van der Waals surface area (Å²) >= 11 is 0. The van der Waals surface area contributed by atoms with Crippen LogP contribution >= 0.6 is 0 Å². The first kappa shape index (κ1) is 22.5. The van der Waals surface area contributed by atoms with Gasteiger partial charge in [0.1, 0.15) is 11.5 Å². The van der Waals surface area contributed by atoms with Crippen LogP contribution in [0.25, 0.3) is 0 Å². The lowest BCUT2D eigenvalue weighted by Crippen LogP contribution is -2.20. The van der Waals surface area contributed by atoms with E-state index in [1.165, 1.54) is 21.3 Å². The number of hydrogen-bond donors (Lipinski definition) is 2. The van der Waals surface area contributed by atoms with Crippen LogP contribution in [0.5, 0.6) is 23.0 Å². The third-order valence-electron chi connectivity index (χ3n) is 4.48. The number of nitrogens with one attached hydrogen (secondary N) is 2. The van der Waals surface area contributed by atoms with E-state index in [-0.39, 0.29) is 18.4 Å². The molecule has 8 heteroatoms. The number of para-hydroxylation sites is 2. The van der Waals surface area contributed by atoms with Crippen LogP contribution in [0.2, 0.25) is 0 Å². The minimum Gasteiger partial charge on any atom is -0.497 e. The number of carbonyl (C=O) groups excluding carboxylic acids is 2. The molecule has 2 N–H and O–H groups in total. The number of rotatable bonds is 9. The molecule has 0 radical (unpaired) electrons. The predicted octanol–water partition coefficient (Wildman–Crippen LogP) is 3.98. The van der Waals surface area contributed by atoms with Gasteiger partial charge in [-0.25, -0.2) is 0 Å². The van der Waals surface area contributed by atoms with Crippen LogP contribution in [0.1, 0.15) is 10.4 Å². The zero-order valence-corrected chi connectivity index (χ0v) is 18.0. The smallest absolute Gasteiger partial charge is 0.262 e. The summed E-state index contributed by atoms with van der Waals surface area (Å²) in [6.45, 7) is -0.196. The van der Waals surface area contributed by atoms with E-state index >= 15 is 0 Å². The molecule has 2 amide bonds. The van der Waals surface area contributed by atoms with Crippen molar-refractivity contribution < 1.29 is 28.5 Å². The van der Waals surface area contributed by atoms with Crippen molar-refractivity contribution in [1.82, 2.24) is 0 Å². The summed E-state index contributed by atoms with van der Waals surface area (Å²) in [6.07, 6.45) is 0. The maximum atomic E-state index is 12.7. The molecule has 0 atom stereocenters. The Morgan fingerprint density at radius 2 is 1.41 bits per heavy atom. The summed E-state index contributed by atoms with van der Waals surface area (Å²) in [6, 6.07) is 18.8. The molecule has 0 aliphatic heterocycles. The van der Waals surface area contributed by atoms with Crippen molar-refractivity contribution in [1.29, 1.82) is 0 Å². The molecule has 0 aliphatic carbocycles. The summed E-state index contributed by atoms with van der Waals surface area (Å²) in [5.41, 5.74) is 1.34. The lowest BCUT2D eigenvalue weighted by atomic mass is 10.1. The largest absolute Gasteiger partial charge is 0.497 e. The fourth-order valence-corrected chi connectivity index (χ4v) is 2.94. The molecule has 0 aromatic heterocycles. The highest BCUT2D eigenvalue weighted by atomic mass is 16.5. The second-order valence-corrected chi connectivity index (χ2v) is 6.59. The van der Waals surface area contributed by atoms with Crippen molar-refractivity contribution in [2.45, 2.75) is 0 Å². The van der Waals surface area contributed by atoms with Crippen molar-refractivity contribution in [3.05, 3.63) is 72.3 Å². The van der Waals surface area contributed by atoms with Gasteiger partial charge in [0.2, 0.25) is 0 Å². The van der Waals surface area contributed by atoms with Crippen molar-refractivity contribution in [3.8, 4) is 23.0 Å². The van der Waals surface area contributed by atoms with E-state index in [9.17, 15) is 9.59 Å². The third kappa shape index (κ3) is 5.69. The molecule has 0 fully saturated rings. The van der Waals surface area contributed by atoms with Gasteiger partial charge in [-0.1, -0.05) is 18.2 Å². The highest BCUT2D eigenvalue weighted by Gasteiger charge is 2.14. The van der Waals surface area contributed by atoms with Gasteiger partial charge in [-0.3, -0.25) is 9.59 Å². The zero-order valence-electron chi connectivity index (χ0n) is 18.0. The number of hydrogen-bond acceptors (Lipinski definition) is 6. The first-order chi connectivity index (χ1) is 15.5. The fraction of sp³-hybridized carbons (Fsp3) is 0.167. The van der Waals surface area contributed by atoms with E-state index < -0.39 is 0 Å². The topological polar surface area (TPSA) is 95.1 Å². The number of amides is 2. The van der Waals surface area contributed by atoms with Crippen LogP contribution in [0.3, 0.4) is 0 Å². The molecule has 0 heterocycles. The molecule has 0 spiro atoms. The molecule has 0 aliphatic rings. The van der Waals surface area contributed by atoms with Gasteiger partial charge >= 0.3 is 0 Å². The Hall–Kier alpha value is -4.20. The summed E-state index contributed by atoms with van der Waals surface area (Å²) in [5, 5.41) is 5.54. The van der Waals surface area contributed by atoms with Crippen LogP contribution < -0.4 is 29.6 Å². The molecule has 166 valence electrons. The third-order valence-corrected chi connectivity index (χ3v) is 4.48. The standard InChI is InChI=1S/C24H24N2O6/c1-29-18-11-12-20(30-2)19(14-18)24(28)26-17-8-6-7-16(13-17)25-23(27)15-32-22-10-5-4-9-21(22)31-3/h4-14H,15H2,1-3H3,(H,25,27)(H,26,28). The molecule has 0 unspecified atom stereocenters. The molecule has 3 rings (SSSR count). The second kappa shape index (κ2) is 10.7. The van der Waals surface area contributed by atoms with Gasteiger partial charge in [0.25, 0.3) is 11.8 Å². The minimum atomic E-state index is -0.372. The summed E-state index contributed by atoms with van der Waals surface area (Å²) in [5.74, 6) is 1.24. The van der Waals surface area contributed by atoms with Gasteiger partial charge in [0.15, 0.2) is 18.1 Å². The average Bonchev–Trinajstić information content (AvgIpc) is 2.82. The molecule has 0 saturated carbocycles. The highest BCUT2D eigenvalue weighted by Crippen LogP contribution is 2.27. The van der Waals surface area contributed by atoms with E-state index in [0.717, 1.165) is 0 Å². The Balaban J connectivity index is 1.64. The number of anilines is 2.